The Morgan fingerprint density at radius 3 is 2.26 bits per heavy atom. The Hall–Kier alpha value is -2.59. The fourth-order valence-electron chi connectivity index (χ4n) is 3.82. The molecule has 1 fully saturated rings. The van der Waals surface area contributed by atoms with Crippen molar-refractivity contribution < 1.29 is 9.84 Å². The van der Waals surface area contributed by atoms with Crippen molar-refractivity contribution in [2.24, 2.45) is 0 Å². The van der Waals surface area contributed by atoms with E-state index in [4.69, 9.17) is 9.84 Å². The average molecular weight is 362 g/mol. The first-order chi connectivity index (χ1) is 13.1. The fraction of sp³-hybridized carbons (Fsp3) is 0.348. The van der Waals surface area contributed by atoms with E-state index in [1.54, 1.807) is 7.11 Å². The quantitative estimate of drug-likeness (QED) is 0.720. The summed E-state index contributed by atoms with van der Waals surface area (Å²) in [6, 6.07) is 18.8. The largest absolute Gasteiger partial charge is 0.497 e. The summed E-state index contributed by atoms with van der Waals surface area (Å²) < 4.78 is 7.34. The molecule has 1 aliphatic carbocycles. The van der Waals surface area contributed by atoms with Crippen LogP contribution in [-0.4, -0.2) is 28.1 Å². The molecule has 0 aliphatic heterocycles. The zero-order valence-electron chi connectivity index (χ0n) is 15.9. The molecule has 0 unspecified atom stereocenters. The molecular formula is C23H26N2O2. The Kier molecular flexibility index (Phi) is 4.99. The third-order valence-corrected chi connectivity index (χ3v) is 5.51. The maximum Gasteiger partial charge on any atom is 0.118 e. The van der Waals surface area contributed by atoms with Gasteiger partial charge in [0.25, 0.3) is 0 Å². The molecule has 0 bridgehead atoms. The van der Waals surface area contributed by atoms with Crippen LogP contribution in [0.1, 0.15) is 42.9 Å². The lowest BCUT2D eigenvalue weighted by molar-refractivity contribution is 0.122. The maximum absolute atomic E-state index is 9.83. The number of methoxy groups -OCH3 is 1. The van der Waals surface area contributed by atoms with E-state index in [-0.39, 0.29) is 6.10 Å². The van der Waals surface area contributed by atoms with E-state index in [0.717, 1.165) is 54.1 Å². The molecule has 1 saturated carbocycles. The number of hydrogen-bond acceptors (Lipinski definition) is 3. The normalized spacial score (nSPS) is 19.8. The highest BCUT2D eigenvalue weighted by molar-refractivity contribution is 5.64. The lowest BCUT2D eigenvalue weighted by atomic mass is 9.85. The van der Waals surface area contributed by atoms with Crippen molar-refractivity contribution in [3.8, 4) is 22.7 Å². The number of aliphatic hydroxyl groups is 1. The van der Waals surface area contributed by atoms with E-state index in [1.807, 2.05) is 16.8 Å². The number of ether oxygens (including phenoxy) is 1. The summed E-state index contributed by atoms with van der Waals surface area (Å²) in [4.78, 5) is 0. The van der Waals surface area contributed by atoms with Crippen LogP contribution in [0.15, 0.2) is 54.6 Å². The molecule has 1 aromatic heterocycles. The summed E-state index contributed by atoms with van der Waals surface area (Å²) >= 11 is 0. The lowest BCUT2D eigenvalue weighted by Gasteiger charge is -2.23. The first-order valence-electron chi connectivity index (χ1n) is 9.63. The molecular weight excluding hydrogens is 336 g/mol. The lowest BCUT2D eigenvalue weighted by Crippen LogP contribution is -2.17. The van der Waals surface area contributed by atoms with Crippen molar-refractivity contribution in [3.63, 3.8) is 0 Å². The highest BCUT2D eigenvalue weighted by Gasteiger charge is 2.24. The Bertz CT molecular complexity index is 889. The monoisotopic (exact) mass is 362 g/mol. The maximum atomic E-state index is 9.83. The Labute approximate surface area is 160 Å². The van der Waals surface area contributed by atoms with Crippen LogP contribution in [0.4, 0.5) is 0 Å². The number of aryl methyl sites for hydroxylation is 1. The minimum absolute atomic E-state index is 0.151. The van der Waals surface area contributed by atoms with E-state index in [1.165, 1.54) is 5.56 Å². The molecule has 27 heavy (non-hydrogen) atoms. The molecule has 140 valence electrons. The molecule has 3 aromatic rings. The molecule has 0 atom stereocenters. The van der Waals surface area contributed by atoms with Gasteiger partial charge >= 0.3 is 0 Å². The van der Waals surface area contributed by atoms with E-state index >= 15 is 0 Å². The molecule has 0 saturated heterocycles. The van der Waals surface area contributed by atoms with Crippen LogP contribution in [0.5, 0.6) is 5.75 Å². The minimum atomic E-state index is -0.151. The van der Waals surface area contributed by atoms with Crippen molar-refractivity contribution in [1.82, 2.24) is 9.78 Å². The topological polar surface area (TPSA) is 47.3 Å². The third-order valence-electron chi connectivity index (χ3n) is 5.51. The number of hydrogen-bond donors (Lipinski definition) is 1. The van der Waals surface area contributed by atoms with Gasteiger partial charge in [-0.1, -0.05) is 17.7 Å². The SMILES string of the molecule is COc1ccc(-c2cc(C3CCC(O)CC3)nn2-c2ccc(C)cc2)cc1. The molecule has 4 heteroatoms. The third kappa shape index (κ3) is 3.76. The van der Waals surface area contributed by atoms with Crippen LogP contribution in [0.2, 0.25) is 0 Å². The first-order valence-corrected chi connectivity index (χ1v) is 9.63. The number of nitrogens with zero attached hydrogens (tertiary/aromatic N) is 2. The van der Waals surface area contributed by atoms with Gasteiger partial charge in [0.15, 0.2) is 0 Å². The molecule has 4 rings (SSSR count). The summed E-state index contributed by atoms with van der Waals surface area (Å²) in [5.41, 5.74) is 5.62. The highest BCUT2D eigenvalue weighted by Crippen LogP contribution is 2.35. The van der Waals surface area contributed by atoms with Crippen molar-refractivity contribution in [3.05, 3.63) is 65.9 Å². The van der Waals surface area contributed by atoms with Crippen molar-refractivity contribution in [1.29, 1.82) is 0 Å². The number of benzene rings is 2. The van der Waals surface area contributed by atoms with Crippen LogP contribution < -0.4 is 4.74 Å². The fourth-order valence-corrected chi connectivity index (χ4v) is 3.82. The van der Waals surface area contributed by atoms with Gasteiger partial charge in [-0.3, -0.25) is 0 Å². The number of rotatable bonds is 4. The van der Waals surface area contributed by atoms with Crippen LogP contribution in [0.25, 0.3) is 16.9 Å². The minimum Gasteiger partial charge on any atom is -0.497 e. The van der Waals surface area contributed by atoms with E-state index in [0.29, 0.717) is 5.92 Å². The van der Waals surface area contributed by atoms with Gasteiger partial charge in [-0.25, -0.2) is 4.68 Å². The van der Waals surface area contributed by atoms with Crippen LogP contribution in [-0.2, 0) is 0 Å². The van der Waals surface area contributed by atoms with Gasteiger partial charge in [-0.05, 0) is 75.1 Å². The Balaban J connectivity index is 1.75. The van der Waals surface area contributed by atoms with E-state index < -0.39 is 0 Å². The molecule has 4 nitrogen and oxygen atoms in total. The second kappa shape index (κ2) is 7.57. The molecule has 1 aliphatic rings. The summed E-state index contributed by atoms with van der Waals surface area (Å²) in [6.45, 7) is 2.09. The Morgan fingerprint density at radius 2 is 1.63 bits per heavy atom. The molecule has 0 spiro atoms. The van der Waals surface area contributed by atoms with E-state index in [2.05, 4.69) is 49.4 Å². The molecule has 0 amide bonds. The van der Waals surface area contributed by atoms with Gasteiger partial charge in [0.05, 0.1) is 30.3 Å². The molecule has 0 radical (unpaired) electrons. The zero-order valence-corrected chi connectivity index (χ0v) is 15.9. The smallest absolute Gasteiger partial charge is 0.118 e. The predicted octanol–water partition coefficient (Wildman–Crippen LogP) is 4.87. The second-order valence-electron chi connectivity index (χ2n) is 7.44. The standard InChI is InChI=1S/C23H26N2O2/c1-16-3-9-19(10-4-16)25-23(18-7-13-21(27-2)14-8-18)15-22(24-25)17-5-11-20(26)12-6-17/h3-4,7-10,13-15,17,20,26H,5-6,11-12H2,1-2H3. The van der Waals surface area contributed by atoms with Gasteiger partial charge in [-0.2, -0.15) is 5.10 Å². The number of aliphatic hydroxyl groups excluding tert-OH is 1. The average Bonchev–Trinajstić information content (AvgIpc) is 3.14. The van der Waals surface area contributed by atoms with Crippen molar-refractivity contribution in [2.75, 3.05) is 7.11 Å². The molecule has 1 heterocycles. The van der Waals surface area contributed by atoms with Gasteiger partial charge in [0.1, 0.15) is 5.75 Å². The van der Waals surface area contributed by atoms with Crippen LogP contribution >= 0.6 is 0 Å². The zero-order chi connectivity index (χ0) is 18.8. The van der Waals surface area contributed by atoms with Gasteiger partial charge in [-0.15, -0.1) is 0 Å². The van der Waals surface area contributed by atoms with Crippen molar-refractivity contribution in [2.45, 2.75) is 44.6 Å². The molecule has 1 N–H and O–H groups in total. The summed E-state index contributed by atoms with van der Waals surface area (Å²) in [6.07, 6.45) is 3.56. The van der Waals surface area contributed by atoms with Gasteiger partial charge < -0.3 is 9.84 Å². The van der Waals surface area contributed by atoms with Gasteiger partial charge in [0.2, 0.25) is 0 Å². The van der Waals surface area contributed by atoms with Crippen LogP contribution in [0, 0.1) is 6.92 Å². The summed E-state index contributed by atoms with van der Waals surface area (Å²) in [7, 11) is 1.68. The molecule has 2 aromatic carbocycles. The second-order valence-corrected chi connectivity index (χ2v) is 7.44. The van der Waals surface area contributed by atoms with Gasteiger partial charge in [0, 0.05) is 11.5 Å². The van der Waals surface area contributed by atoms with E-state index in [9.17, 15) is 5.11 Å². The highest BCUT2D eigenvalue weighted by atomic mass is 16.5. The predicted molar refractivity (Wildman–Crippen MR) is 108 cm³/mol. The van der Waals surface area contributed by atoms with Crippen LogP contribution in [0.3, 0.4) is 0 Å². The summed E-state index contributed by atoms with van der Waals surface area (Å²) in [5.74, 6) is 1.26. The number of aromatic nitrogens is 2. The first kappa shape index (κ1) is 17.8. The van der Waals surface area contributed by atoms with Crippen molar-refractivity contribution >= 4 is 0 Å². The Morgan fingerprint density at radius 1 is 0.963 bits per heavy atom. The summed E-state index contributed by atoms with van der Waals surface area (Å²) in [5, 5.41) is 14.8.